The van der Waals surface area contributed by atoms with E-state index < -0.39 is 0 Å². The zero-order valence-electron chi connectivity index (χ0n) is 18.3. The van der Waals surface area contributed by atoms with Gasteiger partial charge in [-0.25, -0.2) is 0 Å². The van der Waals surface area contributed by atoms with E-state index in [1.807, 2.05) is 0 Å². The molecular formula is C26H44O. The molecule has 0 unspecified atom stereocenters. The molecule has 2 bridgehead atoms. The Kier molecular flexibility index (Phi) is 11.6. The first kappa shape index (κ1) is 22.3. The summed E-state index contributed by atoms with van der Waals surface area (Å²) in [6, 6.07) is 4.45. The molecule has 27 heavy (non-hydrogen) atoms. The SMILES string of the molecule is CCCCCCCCCCCCCCCCCCc1cc2cc(CC)c1o2. The van der Waals surface area contributed by atoms with Gasteiger partial charge < -0.3 is 4.42 Å². The highest BCUT2D eigenvalue weighted by Crippen LogP contribution is 2.29. The zero-order valence-corrected chi connectivity index (χ0v) is 18.3. The van der Waals surface area contributed by atoms with E-state index in [0.29, 0.717) is 0 Å². The molecule has 154 valence electrons. The number of hydrogen-bond donors (Lipinski definition) is 0. The normalized spacial score (nSPS) is 11.8. The predicted octanol–water partition coefficient (Wildman–Crippen LogP) is 9.24. The molecule has 2 aromatic heterocycles. The Balaban J connectivity index is 1.32. The fraction of sp³-hybridized carbons (Fsp3) is 0.769. The Bertz CT molecular complexity index is 567. The summed E-state index contributed by atoms with van der Waals surface area (Å²) in [5, 5.41) is 0. The van der Waals surface area contributed by atoms with Gasteiger partial charge in [0.15, 0.2) is 0 Å². The topological polar surface area (TPSA) is 13.1 Å². The standard InChI is InChI=1S/C26H44O/c1-3-5-6-7-8-9-10-11-12-13-14-15-16-17-18-19-20-24-22-25-21-23(4-2)26(24)27-25/h21-22H,3-20H2,1-2H3. The summed E-state index contributed by atoms with van der Waals surface area (Å²) in [6.45, 7) is 4.51. The Morgan fingerprint density at radius 1 is 0.556 bits per heavy atom. The van der Waals surface area contributed by atoms with Crippen LogP contribution < -0.4 is 0 Å². The fourth-order valence-corrected chi connectivity index (χ4v) is 4.34. The minimum Gasteiger partial charge on any atom is -0.457 e. The van der Waals surface area contributed by atoms with Crippen LogP contribution >= 0.6 is 0 Å². The first-order chi connectivity index (χ1) is 13.3. The summed E-state index contributed by atoms with van der Waals surface area (Å²) < 4.78 is 5.82. The van der Waals surface area contributed by atoms with Gasteiger partial charge in [0.1, 0.15) is 11.2 Å². The van der Waals surface area contributed by atoms with E-state index in [4.69, 9.17) is 4.42 Å². The zero-order chi connectivity index (χ0) is 19.2. The van der Waals surface area contributed by atoms with Crippen molar-refractivity contribution < 1.29 is 4.42 Å². The fourth-order valence-electron chi connectivity index (χ4n) is 4.34. The number of hydrogen-bond acceptors (Lipinski definition) is 1. The second-order valence-electron chi connectivity index (χ2n) is 8.58. The van der Waals surface area contributed by atoms with Crippen molar-refractivity contribution in [3.05, 3.63) is 23.3 Å². The van der Waals surface area contributed by atoms with Crippen LogP contribution in [0.15, 0.2) is 16.5 Å². The largest absolute Gasteiger partial charge is 0.457 e. The van der Waals surface area contributed by atoms with E-state index in [9.17, 15) is 0 Å². The van der Waals surface area contributed by atoms with Gasteiger partial charge in [-0.3, -0.25) is 0 Å². The molecule has 1 nitrogen and oxygen atoms in total. The van der Waals surface area contributed by atoms with Crippen molar-refractivity contribution in [2.75, 3.05) is 0 Å². The lowest BCUT2D eigenvalue weighted by molar-refractivity contribution is 0.529. The molecule has 0 N–H and O–H groups in total. The molecule has 1 heteroatoms. The number of furan rings is 2. The van der Waals surface area contributed by atoms with Crippen molar-refractivity contribution in [1.82, 2.24) is 0 Å². The number of unbranched alkanes of at least 4 members (excludes halogenated alkanes) is 15. The van der Waals surface area contributed by atoms with Crippen LogP contribution in [0.3, 0.4) is 0 Å². The molecule has 2 heterocycles. The third-order valence-electron chi connectivity index (χ3n) is 6.12. The summed E-state index contributed by atoms with van der Waals surface area (Å²) in [4.78, 5) is 0. The molecule has 0 saturated heterocycles. The van der Waals surface area contributed by atoms with E-state index in [1.165, 1.54) is 126 Å². The first-order valence-corrected chi connectivity index (χ1v) is 12.2. The van der Waals surface area contributed by atoms with Crippen LogP contribution in [0.2, 0.25) is 0 Å². The molecule has 2 aromatic rings. The van der Waals surface area contributed by atoms with E-state index in [1.54, 1.807) is 0 Å². The molecule has 0 radical (unpaired) electrons. The van der Waals surface area contributed by atoms with Crippen molar-refractivity contribution in [2.24, 2.45) is 0 Å². The molecule has 2 rings (SSSR count). The quantitative estimate of drug-likeness (QED) is 0.238. The molecule has 0 saturated carbocycles. The first-order valence-electron chi connectivity index (χ1n) is 12.2. The molecule has 0 fully saturated rings. The van der Waals surface area contributed by atoms with Gasteiger partial charge in [0.2, 0.25) is 0 Å². The van der Waals surface area contributed by atoms with E-state index in [0.717, 1.165) is 12.0 Å². The van der Waals surface area contributed by atoms with Gasteiger partial charge >= 0.3 is 0 Å². The molecule has 0 spiro atoms. The highest BCUT2D eigenvalue weighted by atomic mass is 16.3. The van der Waals surface area contributed by atoms with Gasteiger partial charge in [-0.2, -0.15) is 0 Å². The third kappa shape index (κ3) is 8.71. The molecule has 0 amide bonds. The van der Waals surface area contributed by atoms with Crippen LogP contribution in [0.5, 0.6) is 0 Å². The molecule has 0 aliphatic rings. The van der Waals surface area contributed by atoms with Gasteiger partial charge in [-0.1, -0.05) is 110 Å². The number of benzene rings is 1. The lowest BCUT2D eigenvalue weighted by Gasteiger charge is -2.04. The van der Waals surface area contributed by atoms with Crippen LogP contribution in [0.1, 0.15) is 128 Å². The lowest BCUT2D eigenvalue weighted by atomic mass is 10.0. The van der Waals surface area contributed by atoms with E-state index in [-0.39, 0.29) is 0 Å². The van der Waals surface area contributed by atoms with Crippen LogP contribution in [-0.2, 0) is 12.8 Å². The Labute approximate surface area is 168 Å². The molecule has 0 aromatic carbocycles. The maximum Gasteiger partial charge on any atom is 0.134 e. The Morgan fingerprint density at radius 3 is 1.44 bits per heavy atom. The molecule has 0 aliphatic heterocycles. The van der Waals surface area contributed by atoms with Crippen molar-refractivity contribution in [1.29, 1.82) is 0 Å². The smallest absolute Gasteiger partial charge is 0.134 e. The van der Waals surface area contributed by atoms with Crippen LogP contribution in [0.25, 0.3) is 11.2 Å². The summed E-state index contributed by atoms with van der Waals surface area (Å²) in [7, 11) is 0. The van der Waals surface area contributed by atoms with Crippen LogP contribution in [0.4, 0.5) is 0 Å². The van der Waals surface area contributed by atoms with Gasteiger partial charge in [-0.05, 0) is 42.5 Å². The van der Waals surface area contributed by atoms with Gasteiger partial charge in [0, 0.05) is 0 Å². The number of fused-ring (bicyclic) bond motifs is 2. The maximum absolute atomic E-state index is 5.82. The summed E-state index contributed by atoms with van der Waals surface area (Å²) in [5.74, 6) is 0. The van der Waals surface area contributed by atoms with Gasteiger partial charge in [0.05, 0.1) is 0 Å². The Morgan fingerprint density at radius 2 is 1.00 bits per heavy atom. The maximum atomic E-state index is 5.82. The summed E-state index contributed by atoms with van der Waals surface area (Å²) in [5.41, 5.74) is 5.12. The van der Waals surface area contributed by atoms with Crippen LogP contribution in [0, 0.1) is 0 Å². The highest BCUT2D eigenvalue weighted by Gasteiger charge is 2.11. The predicted molar refractivity (Wildman–Crippen MR) is 120 cm³/mol. The minimum absolute atomic E-state index is 1.08. The van der Waals surface area contributed by atoms with E-state index in [2.05, 4.69) is 26.0 Å². The van der Waals surface area contributed by atoms with Crippen molar-refractivity contribution in [2.45, 2.75) is 129 Å². The molecule has 0 atom stereocenters. The van der Waals surface area contributed by atoms with Crippen molar-refractivity contribution >= 4 is 11.2 Å². The van der Waals surface area contributed by atoms with Crippen molar-refractivity contribution in [3.8, 4) is 0 Å². The summed E-state index contributed by atoms with van der Waals surface area (Å²) >= 11 is 0. The minimum atomic E-state index is 1.08. The number of rotatable bonds is 18. The van der Waals surface area contributed by atoms with Gasteiger partial charge in [-0.15, -0.1) is 0 Å². The average molecular weight is 373 g/mol. The van der Waals surface area contributed by atoms with Crippen LogP contribution in [-0.4, -0.2) is 0 Å². The molecular weight excluding hydrogens is 328 g/mol. The number of aryl methyl sites for hydroxylation is 2. The second-order valence-corrected chi connectivity index (χ2v) is 8.58. The van der Waals surface area contributed by atoms with Gasteiger partial charge in [0.25, 0.3) is 0 Å². The second kappa shape index (κ2) is 14.1. The average Bonchev–Trinajstić information content (AvgIpc) is 3.28. The lowest BCUT2D eigenvalue weighted by Crippen LogP contribution is -1.88. The Hall–Kier alpha value is -0.980. The third-order valence-corrected chi connectivity index (χ3v) is 6.12. The van der Waals surface area contributed by atoms with Crippen molar-refractivity contribution in [3.63, 3.8) is 0 Å². The molecule has 0 aliphatic carbocycles. The van der Waals surface area contributed by atoms with E-state index >= 15 is 0 Å². The summed E-state index contributed by atoms with van der Waals surface area (Å²) in [6.07, 6.45) is 25.3. The monoisotopic (exact) mass is 372 g/mol. The highest BCUT2D eigenvalue weighted by molar-refractivity contribution is 5.71.